The molecular weight excluding hydrogens is 222 g/mol. The smallest absolute Gasteiger partial charge is 0.144 e. The molecule has 0 fully saturated rings. The van der Waals surface area contributed by atoms with E-state index < -0.39 is 9.73 Å². The third-order valence-corrected chi connectivity index (χ3v) is 2.96. The Bertz CT molecular complexity index is 468. The quantitative estimate of drug-likeness (QED) is 0.443. The van der Waals surface area contributed by atoms with E-state index in [-0.39, 0.29) is 5.75 Å². The number of pyridine rings is 1. The van der Waals surface area contributed by atoms with Crippen LogP contribution in [-0.2, 0) is 15.5 Å². The molecule has 0 saturated carbocycles. The molecule has 0 amide bonds. The monoisotopic (exact) mass is 229 g/mol. The lowest BCUT2D eigenvalue weighted by molar-refractivity contribution is 0.680. The Morgan fingerprint density at radius 3 is 2.93 bits per heavy atom. The largest absolute Gasteiger partial charge is 0.244 e. The molecule has 0 aliphatic carbocycles. The molecule has 0 aromatic carbocycles. The van der Waals surface area contributed by atoms with Gasteiger partial charge in [0.15, 0.2) is 0 Å². The van der Waals surface area contributed by atoms with Crippen LogP contribution in [0, 0.1) is 6.57 Å². The van der Waals surface area contributed by atoms with E-state index in [1.165, 1.54) is 12.5 Å². The van der Waals surface area contributed by atoms with Gasteiger partial charge in [-0.05, 0) is 11.6 Å². The van der Waals surface area contributed by atoms with Crippen LogP contribution in [0.3, 0.4) is 0 Å². The Balaban J connectivity index is 2.91. The molecule has 1 aromatic heterocycles. The molecule has 74 valence electrons. The molecule has 6 heteroatoms. The number of aromatic nitrogens is 1. The predicted octanol–water partition coefficient (Wildman–Crippen LogP) is 2.17. The summed E-state index contributed by atoms with van der Waals surface area (Å²) in [6.07, 6.45) is 2.98. The Morgan fingerprint density at radius 2 is 2.43 bits per heavy atom. The van der Waals surface area contributed by atoms with Crippen molar-refractivity contribution in [1.29, 1.82) is 0 Å². The molecule has 0 saturated heterocycles. The number of hydrogen-bond donors (Lipinski definition) is 0. The Kier molecular flexibility index (Phi) is 3.44. The summed E-state index contributed by atoms with van der Waals surface area (Å²) in [5.74, 6) is 0.222. The molecule has 1 atom stereocenters. The van der Waals surface area contributed by atoms with Crippen molar-refractivity contribution in [3.8, 4) is 0 Å². The van der Waals surface area contributed by atoms with Crippen LogP contribution in [-0.4, -0.2) is 15.4 Å². The van der Waals surface area contributed by atoms with Crippen LogP contribution >= 0.6 is 11.6 Å². The highest BCUT2D eigenvalue weighted by molar-refractivity contribution is 7.92. The first kappa shape index (κ1) is 11.0. The summed E-state index contributed by atoms with van der Waals surface area (Å²) in [7, 11) is -2.46. The third-order valence-electron chi connectivity index (χ3n) is 1.44. The highest BCUT2D eigenvalue weighted by atomic mass is 35.5. The summed E-state index contributed by atoms with van der Waals surface area (Å²) in [6.45, 7) is 6.50. The average molecular weight is 230 g/mol. The minimum Gasteiger partial charge on any atom is -0.244 e. The van der Waals surface area contributed by atoms with Gasteiger partial charge in [0.05, 0.1) is 5.75 Å². The molecule has 1 rings (SSSR count). The van der Waals surface area contributed by atoms with Gasteiger partial charge < -0.3 is 0 Å². The van der Waals surface area contributed by atoms with E-state index in [2.05, 4.69) is 14.4 Å². The van der Waals surface area contributed by atoms with Crippen LogP contribution in [0.15, 0.2) is 22.8 Å². The van der Waals surface area contributed by atoms with Gasteiger partial charge in [0.1, 0.15) is 19.4 Å². The molecule has 0 aliphatic rings. The normalized spacial score (nSPS) is 14.1. The molecule has 0 bridgehead atoms. The van der Waals surface area contributed by atoms with Crippen LogP contribution < -0.4 is 0 Å². The van der Waals surface area contributed by atoms with E-state index in [1.807, 2.05) is 0 Å². The molecule has 14 heavy (non-hydrogen) atoms. The lowest BCUT2D eigenvalue weighted by atomic mass is 10.3. The van der Waals surface area contributed by atoms with Crippen molar-refractivity contribution in [2.24, 2.45) is 4.47 Å². The minimum atomic E-state index is -2.46. The molecule has 0 radical (unpaired) electrons. The van der Waals surface area contributed by atoms with E-state index in [0.717, 1.165) is 5.56 Å². The first-order chi connectivity index (χ1) is 6.53. The van der Waals surface area contributed by atoms with E-state index in [9.17, 15) is 4.21 Å². The van der Waals surface area contributed by atoms with Gasteiger partial charge in [-0.15, -0.1) is 4.95 Å². The van der Waals surface area contributed by atoms with Gasteiger partial charge in [-0.25, -0.2) is 9.19 Å². The van der Waals surface area contributed by atoms with Crippen LogP contribution in [0.5, 0.6) is 0 Å². The van der Waals surface area contributed by atoms with Crippen molar-refractivity contribution in [2.45, 2.75) is 5.75 Å². The number of rotatable bonds is 2. The van der Waals surface area contributed by atoms with Gasteiger partial charge in [-0.2, -0.15) is 6.57 Å². The second-order valence-electron chi connectivity index (χ2n) is 2.77. The first-order valence-corrected chi connectivity index (χ1v) is 6.16. The minimum absolute atomic E-state index is 0.222. The van der Waals surface area contributed by atoms with Crippen molar-refractivity contribution in [3.63, 3.8) is 0 Å². The van der Waals surface area contributed by atoms with Gasteiger partial charge in [-0.1, -0.05) is 17.7 Å². The summed E-state index contributed by atoms with van der Waals surface area (Å²) in [5, 5.41) is 0.387. The average Bonchev–Trinajstić information content (AvgIpc) is 2.08. The van der Waals surface area contributed by atoms with Crippen LogP contribution in [0.25, 0.3) is 4.95 Å². The van der Waals surface area contributed by atoms with E-state index in [4.69, 9.17) is 18.2 Å². The summed E-state index contributed by atoms with van der Waals surface area (Å²) >= 11 is 5.59. The fraction of sp³-hybridized carbons (Fsp3) is 0.250. The first-order valence-electron chi connectivity index (χ1n) is 3.69. The fourth-order valence-corrected chi connectivity index (χ4v) is 2.05. The molecule has 0 N–H and O–H groups in total. The Labute approximate surface area is 87.9 Å². The Morgan fingerprint density at radius 1 is 1.71 bits per heavy atom. The zero-order valence-corrected chi connectivity index (χ0v) is 9.05. The molecule has 4 nitrogen and oxygen atoms in total. The maximum atomic E-state index is 11.6. The zero-order valence-electron chi connectivity index (χ0n) is 7.48. The standard InChI is InChI=1S/C8H8ClN3OS/c1-10-12-14(2,13)6-7-3-4-8(9)11-5-7/h3-5H,6H2,2H3. The highest BCUT2D eigenvalue weighted by Crippen LogP contribution is 2.09. The van der Waals surface area contributed by atoms with Gasteiger partial charge in [0.2, 0.25) is 0 Å². The van der Waals surface area contributed by atoms with E-state index in [0.29, 0.717) is 5.15 Å². The summed E-state index contributed by atoms with van der Waals surface area (Å²) in [4.78, 5) is 6.62. The maximum absolute atomic E-state index is 11.6. The molecule has 0 spiro atoms. The molecule has 1 unspecified atom stereocenters. The predicted molar refractivity (Wildman–Crippen MR) is 56.0 cm³/mol. The van der Waals surface area contributed by atoms with Crippen molar-refractivity contribution in [2.75, 3.05) is 6.26 Å². The zero-order chi connectivity index (χ0) is 10.6. The molecule has 0 aliphatic heterocycles. The van der Waals surface area contributed by atoms with Crippen LogP contribution in [0.4, 0.5) is 0 Å². The van der Waals surface area contributed by atoms with E-state index >= 15 is 0 Å². The number of hydrogen-bond acceptors (Lipinski definition) is 3. The van der Waals surface area contributed by atoms with Gasteiger partial charge in [-0.3, -0.25) is 0 Å². The van der Waals surface area contributed by atoms with Crippen molar-refractivity contribution < 1.29 is 4.21 Å². The summed E-state index contributed by atoms with van der Waals surface area (Å²) in [6, 6.07) is 3.34. The summed E-state index contributed by atoms with van der Waals surface area (Å²) < 4.78 is 14.9. The van der Waals surface area contributed by atoms with Gasteiger partial charge >= 0.3 is 0 Å². The van der Waals surface area contributed by atoms with Gasteiger partial charge in [0.25, 0.3) is 0 Å². The fourth-order valence-electron chi connectivity index (χ4n) is 0.916. The highest BCUT2D eigenvalue weighted by Gasteiger charge is 2.06. The summed E-state index contributed by atoms with van der Waals surface area (Å²) in [5.41, 5.74) is 0.759. The second kappa shape index (κ2) is 4.40. The molecule has 1 heterocycles. The lowest BCUT2D eigenvalue weighted by Crippen LogP contribution is -2.00. The lowest BCUT2D eigenvalue weighted by Gasteiger charge is -1.98. The second-order valence-corrected chi connectivity index (χ2v) is 5.53. The SMILES string of the molecule is [C-]#[N+]N=S(C)(=O)Cc1ccc(Cl)nc1. The Hall–Kier alpha value is -1.12. The number of halogens is 1. The van der Waals surface area contributed by atoms with Gasteiger partial charge in [0, 0.05) is 12.5 Å². The number of nitrogens with zero attached hydrogens (tertiary/aromatic N) is 3. The maximum Gasteiger partial charge on any atom is 0.144 e. The third kappa shape index (κ3) is 3.32. The topological polar surface area (TPSA) is 46.7 Å². The molecular formula is C8H8ClN3OS. The van der Waals surface area contributed by atoms with Crippen molar-refractivity contribution in [1.82, 2.24) is 4.98 Å². The van der Waals surface area contributed by atoms with Crippen LogP contribution in [0.2, 0.25) is 5.15 Å². The van der Waals surface area contributed by atoms with Crippen molar-refractivity contribution in [3.05, 3.63) is 40.6 Å². The van der Waals surface area contributed by atoms with Crippen LogP contribution in [0.1, 0.15) is 5.56 Å². The van der Waals surface area contributed by atoms with E-state index in [1.54, 1.807) is 12.1 Å². The van der Waals surface area contributed by atoms with Crippen molar-refractivity contribution >= 4 is 21.3 Å². The molecule has 1 aromatic rings.